The molecule has 1 aromatic rings. The number of rotatable bonds is 11. The maximum atomic E-state index is 4.75. The molecule has 2 aliphatic rings. The Labute approximate surface area is 189 Å². The third-order valence-corrected chi connectivity index (χ3v) is 8.31. The molecule has 0 aromatic carbocycles. The Morgan fingerprint density at radius 1 is 1.17 bits per heavy atom. The van der Waals surface area contributed by atoms with Gasteiger partial charge < -0.3 is 4.48 Å². The Balaban J connectivity index is 1.58. The van der Waals surface area contributed by atoms with Crippen molar-refractivity contribution >= 4 is 17.3 Å². The molecule has 0 amide bonds. The minimum atomic E-state index is 0.618. The zero-order valence-electron chi connectivity index (χ0n) is 19.8. The first-order valence-corrected chi connectivity index (χ1v) is 13.3. The molecule has 3 nitrogen and oxygen atoms in total. The highest BCUT2D eigenvalue weighted by molar-refractivity contribution is 6.99. The Hall–Kier alpha value is -1.00. The van der Waals surface area contributed by atoms with Crippen molar-refractivity contribution in [1.82, 2.24) is 8.75 Å². The summed E-state index contributed by atoms with van der Waals surface area (Å²) in [5.74, 6) is 0.773. The van der Waals surface area contributed by atoms with Crippen molar-refractivity contribution in [2.45, 2.75) is 103 Å². The summed E-state index contributed by atoms with van der Waals surface area (Å²) >= 11 is 1.40. The normalized spacial score (nSPS) is 23.9. The fraction of sp³-hybridized carbons (Fsp3) is 0.769. The van der Waals surface area contributed by atoms with E-state index in [4.69, 9.17) is 4.37 Å². The van der Waals surface area contributed by atoms with Crippen LogP contribution in [0.25, 0.3) is 5.57 Å². The zero-order chi connectivity index (χ0) is 21.4. The average molecular weight is 431 g/mol. The highest BCUT2D eigenvalue weighted by Crippen LogP contribution is 2.35. The van der Waals surface area contributed by atoms with Gasteiger partial charge in [-0.1, -0.05) is 70.1 Å². The molecule has 2 heterocycles. The summed E-state index contributed by atoms with van der Waals surface area (Å²) in [5, 5.41) is 0. The van der Waals surface area contributed by atoms with E-state index in [1.165, 1.54) is 111 Å². The molecule has 168 valence electrons. The lowest BCUT2D eigenvalue weighted by Crippen LogP contribution is -2.54. The molecule has 0 radical (unpaired) electrons. The number of hydrogen-bond acceptors (Lipinski definition) is 3. The third-order valence-electron chi connectivity index (χ3n) is 7.74. The standard InChI is InChI=1S/C26H44N3S/c1-5-6-7-8-12-17-25-26(28-30-27-25)24-16-13-18-29(4,20-24)22(3)19-21(2)23-14-10-9-11-15-23/h16,22-23H,2,5-15,17-20H2,1,3-4H3/q+1. The van der Waals surface area contributed by atoms with E-state index in [0.717, 1.165) is 29.8 Å². The average Bonchev–Trinajstić information content (AvgIpc) is 3.23. The first-order valence-electron chi connectivity index (χ1n) is 12.6. The van der Waals surface area contributed by atoms with Crippen molar-refractivity contribution in [1.29, 1.82) is 0 Å². The van der Waals surface area contributed by atoms with Crippen LogP contribution in [0.15, 0.2) is 18.2 Å². The van der Waals surface area contributed by atoms with Gasteiger partial charge in [0.2, 0.25) is 0 Å². The minimum absolute atomic E-state index is 0.618. The van der Waals surface area contributed by atoms with Gasteiger partial charge in [-0.3, -0.25) is 0 Å². The molecule has 2 atom stereocenters. The van der Waals surface area contributed by atoms with Crippen molar-refractivity contribution in [3.05, 3.63) is 29.6 Å². The Bertz CT molecular complexity index is 701. The fourth-order valence-electron chi connectivity index (χ4n) is 5.40. The number of quaternary nitrogens is 1. The van der Waals surface area contributed by atoms with Crippen molar-refractivity contribution in [2.75, 3.05) is 20.1 Å². The monoisotopic (exact) mass is 430 g/mol. The molecule has 0 spiro atoms. The van der Waals surface area contributed by atoms with E-state index < -0.39 is 0 Å². The van der Waals surface area contributed by atoms with E-state index in [-0.39, 0.29) is 0 Å². The number of likely N-dealkylation sites (N-methyl/N-ethyl adjacent to an activating group) is 1. The van der Waals surface area contributed by atoms with Crippen LogP contribution < -0.4 is 0 Å². The number of hydrogen-bond donors (Lipinski definition) is 0. The number of nitrogens with zero attached hydrogens (tertiary/aromatic N) is 3. The third kappa shape index (κ3) is 6.26. The molecular weight excluding hydrogens is 386 g/mol. The summed E-state index contributed by atoms with van der Waals surface area (Å²) in [7, 11) is 2.45. The number of aromatic nitrogens is 2. The second kappa shape index (κ2) is 11.6. The molecule has 1 aromatic heterocycles. The summed E-state index contributed by atoms with van der Waals surface area (Å²) in [6.07, 6.45) is 19.4. The van der Waals surface area contributed by atoms with Crippen LogP contribution in [0.2, 0.25) is 0 Å². The van der Waals surface area contributed by atoms with Crippen LogP contribution >= 0.6 is 11.7 Å². The predicted octanol–water partition coefficient (Wildman–Crippen LogP) is 7.20. The molecular formula is C26H44N3S+. The van der Waals surface area contributed by atoms with Crippen molar-refractivity contribution in [3.63, 3.8) is 0 Å². The lowest BCUT2D eigenvalue weighted by Gasteiger charge is -2.43. The van der Waals surface area contributed by atoms with E-state index in [2.05, 4.69) is 37.9 Å². The Kier molecular flexibility index (Phi) is 9.13. The van der Waals surface area contributed by atoms with Crippen LogP contribution in [0.3, 0.4) is 0 Å². The van der Waals surface area contributed by atoms with Crippen LogP contribution in [0.1, 0.15) is 102 Å². The largest absolute Gasteiger partial charge is 0.320 e. The lowest BCUT2D eigenvalue weighted by atomic mass is 9.82. The highest BCUT2D eigenvalue weighted by Gasteiger charge is 2.35. The van der Waals surface area contributed by atoms with E-state index in [9.17, 15) is 0 Å². The zero-order valence-corrected chi connectivity index (χ0v) is 20.6. The molecule has 2 unspecified atom stereocenters. The quantitative estimate of drug-likeness (QED) is 0.211. The minimum Gasteiger partial charge on any atom is -0.320 e. The molecule has 4 heteroatoms. The summed E-state index contributed by atoms with van der Waals surface area (Å²) in [5.41, 5.74) is 5.41. The van der Waals surface area contributed by atoms with Crippen LogP contribution in [0, 0.1) is 5.92 Å². The molecule has 3 rings (SSSR count). The molecule has 1 aliphatic carbocycles. The van der Waals surface area contributed by atoms with Gasteiger partial charge in [0.05, 0.1) is 37.1 Å². The van der Waals surface area contributed by atoms with Crippen molar-refractivity contribution in [2.24, 2.45) is 5.92 Å². The number of aryl methyl sites for hydroxylation is 1. The summed E-state index contributed by atoms with van der Waals surface area (Å²) in [6.45, 7) is 11.6. The van der Waals surface area contributed by atoms with Crippen molar-refractivity contribution < 1.29 is 4.48 Å². The summed E-state index contributed by atoms with van der Waals surface area (Å²) in [4.78, 5) is 0. The molecule has 0 bridgehead atoms. The van der Waals surface area contributed by atoms with Gasteiger partial charge >= 0.3 is 0 Å². The molecule has 30 heavy (non-hydrogen) atoms. The van der Waals surface area contributed by atoms with Gasteiger partial charge in [0.1, 0.15) is 12.2 Å². The van der Waals surface area contributed by atoms with E-state index >= 15 is 0 Å². The maximum absolute atomic E-state index is 4.75. The highest BCUT2D eigenvalue weighted by atomic mass is 32.1. The second-order valence-corrected chi connectivity index (χ2v) is 10.7. The maximum Gasteiger partial charge on any atom is 0.109 e. The lowest BCUT2D eigenvalue weighted by molar-refractivity contribution is -0.925. The van der Waals surface area contributed by atoms with Gasteiger partial charge in [0.15, 0.2) is 0 Å². The van der Waals surface area contributed by atoms with Crippen LogP contribution in [0.4, 0.5) is 0 Å². The summed E-state index contributed by atoms with van der Waals surface area (Å²) < 4.78 is 10.5. The first-order chi connectivity index (χ1) is 14.5. The van der Waals surface area contributed by atoms with Gasteiger partial charge in [-0.15, -0.1) is 0 Å². The van der Waals surface area contributed by atoms with Gasteiger partial charge in [0.25, 0.3) is 0 Å². The van der Waals surface area contributed by atoms with E-state index in [1.807, 2.05) is 0 Å². The van der Waals surface area contributed by atoms with Gasteiger partial charge in [-0.25, -0.2) is 0 Å². The smallest absolute Gasteiger partial charge is 0.109 e. The molecule has 1 fully saturated rings. The summed E-state index contributed by atoms with van der Waals surface area (Å²) in [6, 6.07) is 0.618. The van der Waals surface area contributed by atoms with Crippen LogP contribution in [-0.4, -0.2) is 39.4 Å². The molecule has 1 aliphatic heterocycles. The molecule has 0 N–H and O–H groups in total. The molecule has 1 saturated carbocycles. The van der Waals surface area contributed by atoms with Crippen molar-refractivity contribution in [3.8, 4) is 0 Å². The van der Waals surface area contributed by atoms with E-state index in [0.29, 0.717) is 6.04 Å². The van der Waals surface area contributed by atoms with E-state index in [1.54, 1.807) is 0 Å². The van der Waals surface area contributed by atoms with Gasteiger partial charge in [-0.05, 0) is 38.5 Å². The predicted molar refractivity (Wildman–Crippen MR) is 131 cm³/mol. The Morgan fingerprint density at radius 2 is 1.93 bits per heavy atom. The van der Waals surface area contributed by atoms with Gasteiger partial charge in [-0.2, -0.15) is 8.75 Å². The Morgan fingerprint density at radius 3 is 2.70 bits per heavy atom. The van der Waals surface area contributed by atoms with Gasteiger partial charge in [0, 0.05) is 18.4 Å². The van der Waals surface area contributed by atoms with Crippen LogP contribution in [0.5, 0.6) is 0 Å². The molecule has 0 saturated heterocycles. The number of unbranched alkanes of at least 4 members (excludes halogenated alkanes) is 4. The SMILES string of the molecule is C=C(CC(C)[N+]1(C)CCC=C(c2nsnc2CCCCCCC)C1)C1CCCCC1. The topological polar surface area (TPSA) is 25.8 Å². The first kappa shape index (κ1) is 23.7. The van der Waals surface area contributed by atoms with Crippen LogP contribution in [-0.2, 0) is 6.42 Å². The fourth-order valence-corrected chi connectivity index (χ4v) is 6.02. The second-order valence-electron chi connectivity index (χ2n) is 10.1.